The second kappa shape index (κ2) is 8.69. The molecule has 0 atom stereocenters. The summed E-state index contributed by atoms with van der Waals surface area (Å²) in [4.78, 5) is 37.0. The number of ether oxygens (including phenoxy) is 1. The first-order valence-electron chi connectivity index (χ1n) is 9.32. The maximum absolute atomic E-state index is 12.4. The van der Waals surface area contributed by atoms with Gasteiger partial charge >= 0.3 is 0 Å². The lowest BCUT2D eigenvalue weighted by molar-refractivity contribution is -0.139. The van der Waals surface area contributed by atoms with Crippen LogP contribution in [0.25, 0.3) is 0 Å². The number of imide groups is 1. The van der Waals surface area contributed by atoms with E-state index in [4.69, 9.17) is 4.74 Å². The minimum absolute atomic E-state index is 0.140. The fraction of sp³-hybridized carbons (Fsp3) is 0.318. The summed E-state index contributed by atoms with van der Waals surface area (Å²) < 4.78 is 5.36. The maximum atomic E-state index is 12.4. The highest BCUT2D eigenvalue weighted by molar-refractivity contribution is 6.01. The Morgan fingerprint density at radius 3 is 2.39 bits per heavy atom. The van der Waals surface area contributed by atoms with Crippen LogP contribution in [0.3, 0.4) is 0 Å². The second-order valence-electron chi connectivity index (χ2n) is 6.89. The molecule has 2 aromatic carbocycles. The Morgan fingerprint density at radius 1 is 1.07 bits per heavy atom. The van der Waals surface area contributed by atoms with Gasteiger partial charge in [0.25, 0.3) is 5.91 Å². The SMILES string of the molecule is COc1ccc(C)cc1CCNC(=O)c1ccc(CN2C(=O)CCC2=O)cc1. The highest BCUT2D eigenvalue weighted by Crippen LogP contribution is 2.20. The third kappa shape index (κ3) is 4.57. The van der Waals surface area contributed by atoms with E-state index in [0.717, 1.165) is 22.4 Å². The molecule has 0 unspecified atom stereocenters. The van der Waals surface area contributed by atoms with Gasteiger partial charge in [-0.05, 0) is 42.7 Å². The van der Waals surface area contributed by atoms with E-state index in [9.17, 15) is 14.4 Å². The number of nitrogens with one attached hydrogen (secondary N) is 1. The fourth-order valence-corrected chi connectivity index (χ4v) is 3.26. The molecule has 146 valence electrons. The Kier molecular flexibility index (Phi) is 6.09. The lowest BCUT2D eigenvalue weighted by atomic mass is 10.1. The van der Waals surface area contributed by atoms with Crippen LogP contribution in [0.4, 0.5) is 0 Å². The Hall–Kier alpha value is -3.15. The van der Waals surface area contributed by atoms with Crippen molar-refractivity contribution in [2.45, 2.75) is 32.7 Å². The molecule has 1 aliphatic rings. The number of nitrogens with zero attached hydrogens (tertiary/aromatic N) is 1. The molecule has 2 aromatic rings. The van der Waals surface area contributed by atoms with Gasteiger partial charge in [-0.15, -0.1) is 0 Å². The van der Waals surface area contributed by atoms with E-state index >= 15 is 0 Å². The van der Waals surface area contributed by atoms with Gasteiger partial charge in [-0.25, -0.2) is 0 Å². The number of carbonyl (C=O) groups is 3. The summed E-state index contributed by atoms with van der Waals surface area (Å²) in [5, 5.41) is 2.91. The van der Waals surface area contributed by atoms with Crippen LogP contribution in [0.15, 0.2) is 42.5 Å². The monoisotopic (exact) mass is 380 g/mol. The highest BCUT2D eigenvalue weighted by Gasteiger charge is 2.28. The van der Waals surface area contributed by atoms with E-state index in [1.54, 1.807) is 31.4 Å². The van der Waals surface area contributed by atoms with Crippen molar-refractivity contribution in [3.05, 3.63) is 64.7 Å². The van der Waals surface area contributed by atoms with Crippen LogP contribution in [-0.4, -0.2) is 36.3 Å². The highest BCUT2D eigenvalue weighted by atomic mass is 16.5. The summed E-state index contributed by atoms with van der Waals surface area (Å²) >= 11 is 0. The number of aryl methyl sites for hydroxylation is 1. The third-order valence-corrected chi connectivity index (χ3v) is 4.83. The summed E-state index contributed by atoms with van der Waals surface area (Å²) in [6.45, 7) is 2.77. The number of methoxy groups -OCH3 is 1. The molecule has 3 amide bonds. The lowest BCUT2D eigenvalue weighted by Crippen LogP contribution is -2.28. The van der Waals surface area contributed by atoms with Crippen molar-refractivity contribution in [2.75, 3.05) is 13.7 Å². The average Bonchev–Trinajstić information content (AvgIpc) is 3.00. The number of likely N-dealkylation sites (tertiary alicyclic amines) is 1. The van der Waals surface area contributed by atoms with E-state index in [1.807, 2.05) is 19.1 Å². The van der Waals surface area contributed by atoms with Crippen molar-refractivity contribution in [1.29, 1.82) is 0 Å². The second-order valence-corrected chi connectivity index (χ2v) is 6.89. The van der Waals surface area contributed by atoms with Crippen LogP contribution in [0, 0.1) is 6.92 Å². The Morgan fingerprint density at radius 2 is 1.75 bits per heavy atom. The van der Waals surface area contributed by atoms with Gasteiger partial charge in [0.15, 0.2) is 0 Å². The smallest absolute Gasteiger partial charge is 0.251 e. The van der Waals surface area contributed by atoms with E-state index in [1.165, 1.54) is 4.90 Å². The minimum atomic E-state index is -0.161. The number of benzene rings is 2. The van der Waals surface area contributed by atoms with Crippen molar-refractivity contribution in [3.63, 3.8) is 0 Å². The van der Waals surface area contributed by atoms with Gasteiger partial charge < -0.3 is 10.1 Å². The number of hydrogen-bond acceptors (Lipinski definition) is 4. The molecular formula is C22H24N2O4. The Bertz CT molecular complexity index is 874. The van der Waals surface area contributed by atoms with Gasteiger partial charge in [0.1, 0.15) is 5.75 Å². The Labute approximate surface area is 164 Å². The molecular weight excluding hydrogens is 356 g/mol. The summed E-state index contributed by atoms with van der Waals surface area (Å²) in [7, 11) is 1.64. The number of carbonyl (C=O) groups excluding carboxylic acids is 3. The Balaban J connectivity index is 1.54. The van der Waals surface area contributed by atoms with Crippen LogP contribution < -0.4 is 10.1 Å². The summed E-state index contributed by atoms with van der Waals surface area (Å²) in [6, 6.07) is 13.0. The van der Waals surface area contributed by atoms with Gasteiger partial charge in [-0.2, -0.15) is 0 Å². The van der Waals surface area contributed by atoms with Gasteiger partial charge in [0.05, 0.1) is 13.7 Å². The molecule has 0 aliphatic carbocycles. The van der Waals surface area contributed by atoms with Crippen molar-refractivity contribution >= 4 is 17.7 Å². The largest absolute Gasteiger partial charge is 0.496 e. The molecule has 3 rings (SSSR count). The lowest BCUT2D eigenvalue weighted by Gasteiger charge is -2.14. The van der Waals surface area contributed by atoms with Gasteiger partial charge in [-0.3, -0.25) is 19.3 Å². The fourth-order valence-electron chi connectivity index (χ4n) is 3.26. The minimum Gasteiger partial charge on any atom is -0.496 e. The van der Waals surface area contributed by atoms with Crippen LogP contribution in [0.5, 0.6) is 5.75 Å². The molecule has 0 saturated carbocycles. The number of amides is 3. The summed E-state index contributed by atoms with van der Waals surface area (Å²) in [6.07, 6.45) is 1.24. The number of hydrogen-bond donors (Lipinski definition) is 1. The van der Waals surface area contributed by atoms with Crippen LogP contribution in [-0.2, 0) is 22.6 Å². The first kappa shape index (κ1) is 19.6. The first-order valence-corrected chi connectivity index (χ1v) is 9.32. The molecule has 0 spiro atoms. The van der Waals surface area contributed by atoms with Crippen molar-refractivity contribution in [2.24, 2.45) is 0 Å². The number of rotatable bonds is 7. The molecule has 0 bridgehead atoms. The predicted octanol–water partition coefficient (Wildman–Crippen LogP) is 2.63. The quantitative estimate of drug-likeness (QED) is 0.750. The van der Waals surface area contributed by atoms with Crippen molar-refractivity contribution in [1.82, 2.24) is 10.2 Å². The van der Waals surface area contributed by atoms with Crippen LogP contribution in [0.1, 0.15) is 39.9 Å². The van der Waals surface area contributed by atoms with Gasteiger partial charge in [0, 0.05) is 24.9 Å². The molecule has 0 aromatic heterocycles. The normalized spacial score (nSPS) is 13.7. The molecule has 0 radical (unpaired) electrons. The first-order chi connectivity index (χ1) is 13.5. The average molecular weight is 380 g/mol. The van der Waals surface area contributed by atoms with Crippen molar-refractivity contribution in [3.8, 4) is 5.75 Å². The maximum Gasteiger partial charge on any atom is 0.251 e. The van der Waals surface area contributed by atoms with E-state index < -0.39 is 0 Å². The van der Waals surface area contributed by atoms with E-state index in [-0.39, 0.29) is 37.1 Å². The molecule has 1 saturated heterocycles. The molecule has 6 heteroatoms. The van der Waals surface area contributed by atoms with Gasteiger partial charge in [0.2, 0.25) is 11.8 Å². The zero-order valence-electron chi connectivity index (χ0n) is 16.2. The standard InChI is InChI=1S/C22H24N2O4/c1-15-3-8-19(28-2)18(13-15)11-12-23-22(27)17-6-4-16(5-7-17)14-24-20(25)9-10-21(24)26/h3-8,13H,9-12,14H2,1-2H3,(H,23,27). The predicted molar refractivity (Wildman–Crippen MR) is 105 cm³/mol. The zero-order chi connectivity index (χ0) is 20.1. The molecule has 1 heterocycles. The molecule has 1 fully saturated rings. The van der Waals surface area contributed by atoms with Crippen molar-refractivity contribution < 1.29 is 19.1 Å². The van der Waals surface area contributed by atoms with E-state index in [0.29, 0.717) is 18.5 Å². The topological polar surface area (TPSA) is 75.7 Å². The van der Waals surface area contributed by atoms with E-state index in [2.05, 4.69) is 11.4 Å². The zero-order valence-corrected chi connectivity index (χ0v) is 16.2. The third-order valence-electron chi connectivity index (χ3n) is 4.83. The molecule has 1 aliphatic heterocycles. The van der Waals surface area contributed by atoms with Gasteiger partial charge in [-0.1, -0.05) is 29.8 Å². The summed E-state index contributed by atoms with van der Waals surface area (Å²) in [5.74, 6) is 0.374. The molecule has 28 heavy (non-hydrogen) atoms. The molecule has 6 nitrogen and oxygen atoms in total. The van der Waals surface area contributed by atoms with Crippen LogP contribution >= 0.6 is 0 Å². The summed E-state index contributed by atoms with van der Waals surface area (Å²) in [5.41, 5.74) is 3.56. The van der Waals surface area contributed by atoms with Crippen LogP contribution in [0.2, 0.25) is 0 Å². The molecule has 1 N–H and O–H groups in total.